The highest BCUT2D eigenvalue weighted by molar-refractivity contribution is 5.80. The van der Waals surface area contributed by atoms with Crippen LogP contribution in [0.3, 0.4) is 0 Å². The maximum Gasteiger partial charge on any atom is 0.148 e. The molecular weight excluding hydrogens is 598 g/mol. The number of phenolic OH excluding ortho intramolecular Hbond substituents is 1. The van der Waals surface area contributed by atoms with E-state index >= 15 is 0 Å². The van der Waals surface area contributed by atoms with Gasteiger partial charge in [-0.05, 0) is 100 Å². The van der Waals surface area contributed by atoms with Crippen molar-refractivity contribution in [1.82, 2.24) is 15.1 Å². The van der Waals surface area contributed by atoms with Crippen molar-refractivity contribution in [1.29, 1.82) is 0 Å². The third-order valence-corrected chi connectivity index (χ3v) is 7.96. The van der Waals surface area contributed by atoms with Gasteiger partial charge in [-0.25, -0.2) is 0 Å². The minimum atomic E-state index is 0.0868. The number of phenols is 1. The molecule has 3 aromatic rings. The lowest BCUT2D eigenvalue weighted by Crippen LogP contribution is -2.40. The summed E-state index contributed by atoms with van der Waals surface area (Å²) in [6, 6.07) is 23.7. The van der Waals surface area contributed by atoms with Crippen LogP contribution in [0.2, 0.25) is 0 Å². The van der Waals surface area contributed by atoms with E-state index in [1.165, 1.54) is 42.6 Å². The number of nitrogens with one attached hydrogen (secondary N) is 1. The highest BCUT2D eigenvalue weighted by Crippen LogP contribution is 2.23. The third kappa shape index (κ3) is 14.3. The van der Waals surface area contributed by atoms with E-state index in [-0.39, 0.29) is 23.9 Å². The third-order valence-electron chi connectivity index (χ3n) is 7.96. The van der Waals surface area contributed by atoms with Gasteiger partial charge >= 0.3 is 0 Å². The molecule has 4 rings (SSSR count). The second-order valence-electron chi connectivity index (χ2n) is 12.4. The van der Waals surface area contributed by atoms with E-state index in [0.29, 0.717) is 13.1 Å². The largest absolute Gasteiger partial charge is 0.508 e. The Morgan fingerprint density at radius 1 is 0.938 bits per heavy atom. The van der Waals surface area contributed by atoms with Crippen molar-refractivity contribution >= 4 is 23.8 Å². The van der Waals surface area contributed by atoms with Gasteiger partial charge in [-0.15, -0.1) is 0 Å². The number of nitrogens with zero attached hydrogens (tertiary/aromatic N) is 2. The molecule has 0 aliphatic carbocycles. The van der Waals surface area contributed by atoms with Crippen LogP contribution in [0.5, 0.6) is 11.5 Å². The number of Topliss-reactive ketones (excluding diaryl/α,β-unsaturated/α-hetero) is 2. The average molecular weight is 656 g/mol. The minimum Gasteiger partial charge on any atom is -0.508 e. The van der Waals surface area contributed by atoms with E-state index < -0.39 is 0 Å². The number of carbonyl (C=O) groups is 2. The maximum atomic E-state index is 11.5. The first kappa shape index (κ1) is 40.0. The van der Waals surface area contributed by atoms with Gasteiger partial charge in [-0.3, -0.25) is 19.4 Å². The Hall–Kier alpha value is -4.20. The van der Waals surface area contributed by atoms with Crippen molar-refractivity contribution in [3.8, 4) is 11.5 Å². The number of ketones is 2. The van der Waals surface area contributed by atoms with Crippen molar-refractivity contribution in [3.05, 3.63) is 106 Å². The first-order valence-electron chi connectivity index (χ1n) is 17.0. The van der Waals surface area contributed by atoms with E-state index in [2.05, 4.69) is 72.8 Å². The first-order valence-corrected chi connectivity index (χ1v) is 17.0. The van der Waals surface area contributed by atoms with Crippen LogP contribution in [0.4, 0.5) is 0 Å². The Balaban J connectivity index is 0.000000280. The smallest absolute Gasteiger partial charge is 0.148 e. The molecule has 0 amide bonds. The number of carbonyl (C=O) groups excluding carboxylic acids is 2. The number of aryl methyl sites for hydroxylation is 1. The fourth-order valence-electron chi connectivity index (χ4n) is 5.60. The number of hydrogen-bond acceptors (Lipinski definition) is 7. The minimum absolute atomic E-state index is 0.0868. The van der Waals surface area contributed by atoms with Crippen LogP contribution in [0.15, 0.2) is 83.9 Å². The zero-order valence-electron chi connectivity index (χ0n) is 30.3. The Labute approximate surface area is 288 Å². The molecule has 0 fully saturated rings. The number of aromatic hydroxyl groups is 1. The molecule has 0 saturated carbocycles. The van der Waals surface area contributed by atoms with E-state index in [4.69, 9.17) is 9.84 Å². The topological polar surface area (TPSA) is 82.1 Å². The van der Waals surface area contributed by atoms with Crippen LogP contribution in [-0.4, -0.2) is 72.9 Å². The summed E-state index contributed by atoms with van der Waals surface area (Å²) in [6.45, 7) is 21.7. The molecule has 48 heavy (non-hydrogen) atoms. The van der Waals surface area contributed by atoms with Crippen LogP contribution in [0, 0.1) is 6.92 Å². The van der Waals surface area contributed by atoms with Crippen LogP contribution in [0.25, 0.3) is 12.3 Å². The van der Waals surface area contributed by atoms with Crippen molar-refractivity contribution in [2.24, 2.45) is 0 Å². The fourth-order valence-corrected chi connectivity index (χ4v) is 5.60. The summed E-state index contributed by atoms with van der Waals surface area (Å²) in [6.07, 6.45) is 3.41. The molecule has 2 N–H and O–H groups in total. The lowest BCUT2D eigenvalue weighted by Gasteiger charge is -2.30. The van der Waals surface area contributed by atoms with Gasteiger partial charge in [0.05, 0.1) is 20.2 Å². The molecule has 1 aliphatic heterocycles. The standard InChI is InChI=1S/C20H26N2O2.C13H21N.C8H10O2/c1-14-7-5-6-8-18(14)20(21-11-16(3)23)19-13-22(12-17(4)24)10-9-15(19)2;1-3-10-14(11-4-2)12-13-8-6-5-7-9-13;1-6-5-7(9)3-4-8(6)10-2/h5-8,21H,1,9-13H2,2-4H3;5-9H,3-4,10-12H2,1-2H3;3-5,9H,1-2H3/b20-18+;;. The van der Waals surface area contributed by atoms with Crippen LogP contribution < -0.4 is 20.5 Å². The number of ether oxygens (including phenoxy) is 1. The molecule has 1 heterocycles. The first-order chi connectivity index (χ1) is 23.0. The summed E-state index contributed by atoms with van der Waals surface area (Å²) in [4.78, 5) is 27.6. The molecule has 0 saturated heterocycles. The summed E-state index contributed by atoms with van der Waals surface area (Å²) in [5.41, 5.74) is 5.79. The van der Waals surface area contributed by atoms with Gasteiger partial charge in [-0.2, -0.15) is 0 Å². The maximum absolute atomic E-state index is 11.5. The van der Waals surface area contributed by atoms with Gasteiger partial charge in [0.1, 0.15) is 23.1 Å². The molecule has 7 heteroatoms. The summed E-state index contributed by atoms with van der Waals surface area (Å²) in [7, 11) is 1.61. The summed E-state index contributed by atoms with van der Waals surface area (Å²) >= 11 is 0. The van der Waals surface area contributed by atoms with Gasteiger partial charge in [0.15, 0.2) is 0 Å². The van der Waals surface area contributed by atoms with E-state index in [1.54, 1.807) is 39.2 Å². The molecule has 0 atom stereocenters. The van der Waals surface area contributed by atoms with Crippen molar-refractivity contribution < 1.29 is 19.4 Å². The monoisotopic (exact) mass is 655 g/mol. The van der Waals surface area contributed by atoms with Crippen LogP contribution in [0.1, 0.15) is 65.0 Å². The van der Waals surface area contributed by atoms with Gasteiger partial charge < -0.3 is 15.2 Å². The van der Waals surface area contributed by atoms with E-state index in [1.807, 2.05) is 31.2 Å². The van der Waals surface area contributed by atoms with E-state index in [9.17, 15) is 9.59 Å². The fraction of sp³-hybridized carbons (Fsp3) is 0.415. The van der Waals surface area contributed by atoms with Crippen molar-refractivity contribution in [2.45, 2.75) is 67.3 Å². The van der Waals surface area contributed by atoms with Crippen LogP contribution >= 0.6 is 0 Å². The molecule has 0 aromatic heterocycles. The molecule has 0 bridgehead atoms. The Kier molecular flexibility index (Phi) is 18.0. The molecular formula is C41H57N3O4. The molecule has 260 valence electrons. The Morgan fingerprint density at radius 2 is 1.58 bits per heavy atom. The molecule has 7 nitrogen and oxygen atoms in total. The summed E-state index contributed by atoms with van der Waals surface area (Å²) in [5.74, 6) is 1.34. The van der Waals surface area contributed by atoms with Gasteiger partial charge in [0, 0.05) is 30.5 Å². The number of hydrogen-bond donors (Lipinski definition) is 2. The number of benzene rings is 3. The van der Waals surface area contributed by atoms with Gasteiger partial charge in [0.25, 0.3) is 0 Å². The Bertz CT molecular complexity index is 1580. The number of rotatable bonds is 13. The summed E-state index contributed by atoms with van der Waals surface area (Å²) < 4.78 is 4.99. The normalized spacial score (nSPS) is 13.5. The Morgan fingerprint density at radius 3 is 2.15 bits per heavy atom. The quantitative estimate of drug-likeness (QED) is 0.233. The number of methoxy groups -OCH3 is 1. The lowest BCUT2D eigenvalue weighted by molar-refractivity contribution is -0.118. The second kappa shape index (κ2) is 21.6. The molecule has 1 aliphatic rings. The molecule has 0 unspecified atom stereocenters. The predicted molar refractivity (Wildman–Crippen MR) is 199 cm³/mol. The van der Waals surface area contributed by atoms with Crippen molar-refractivity contribution in [2.75, 3.05) is 46.4 Å². The molecule has 0 radical (unpaired) electrons. The molecule has 0 spiro atoms. The zero-order chi connectivity index (χ0) is 35.5. The average Bonchev–Trinajstić information content (AvgIpc) is 3.04. The molecule has 3 aromatic carbocycles. The highest BCUT2D eigenvalue weighted by Gasteiger charge is 2.21. The second-order valence-corrected chi connectivity index (χ2v) is 12.4. The van der Waals surface area contributed by atoms with Gasteiger partial charge in [0.2, 0.25) is 0 Å². The predicted octanol–water partition coefficient (Wildman–Crippen LogP) is 6.01. The van der Waals surface area contributed by atoms with Gasteiger partial charge in [-0.1, -0.05) is 80.6 Å². The van der Waals surface area contributed by atoms with E-state index in [0.717, 1.165) is 47.0 Å². The summed E-state index contributed by atoms with van der Waals surface area (Å²) in [5, 5.41) is 14.2. The van der Waals surface area contributed by atoms with Crippen molar-refractivity contribution in [3.63, 3.8) is 0 Å². The highest BCUT2D eigenvalue weighted by atomic mass is 16.5. The zero-order valence-corrected chi connectivity index (χ0v) is 30.3. The SMILES string of the molecule is C=c1cccc/c1=C(\NCC(C)=O)C1=C(C)CCN(CC(C)=O)C1.CCCN(CCC)Cc1ccccc1.COc1ccc(O)cc1C. The lowest BCUT2D eigenvalue weighted by atomic mass is 9.96. The van der Waals surface area contributed by atoms with Crippen LogP contribution in [-0.2, 0) is 16.1 Å².